The molecule has 1 saturated heterocycles. The number of nitrogens with one attached hydrogen (secondary N) is 2. The quantitative estimate of drug-likeness (QED) is 0.565. The molecule has 0 spiro atoms. The topological polar surface area (TPSA) is 36.5 Å². The Morgan fingerprint density at radius 1 is 1.53 bits per heavy atom. The van der Waals surface area contributed by atoms with Crippen LogP contribution in [0.25, 0.3) is 0 Å². The summed E-state index contributed by atoms with van der Waals surface area (Å²) in [5.41, 5.74) is 0. The van der Waals surface area contributed by atoms with Crippen LogP contribution in [0.1, 0.15) is 19.8 Å². The van der Waals surface area contributed by atoms with E-state index >= 15 is 0 Å². The van der Waals surface area contributed by atoms with E-state index in [1.807, 2.05) is 0 Å². The van der Waals surface area contributed by atoms with E-state index in [1.54, 1.807) is 7.11 Å². The van der Waals surface area contributed by atoms with Crippen LogP contribution in [0.4, 0.5) is 0 Å². The van der Waals surface area contributed by atoms with Gasteiger partial charge in [0.05, 0.1) is 0 Å². The zero-order valence-electron chi connectivity index (χ0n) is 11.2. The number of nitrogens with zero attached hydrogens (tertiary/aromatic N) is 1. The van der Waals surface area contributed by atoms with E-state index in [9.17, 15) is 0 Å². The lowest BCUT2D eigenvalue weighted by molar-refractivity contribution is 0.186. The molecule has 0 aromatic rings. The number of rotatable bonds is 5. The smallest absolute Gasteiger partial charge is 0.166 e. The highest BCUT2D eigenvalue weighted by molar-refractivity contribution is 7.80. The van der Waals surface area contributed by atoms with Crippen molar-refractivity contribution in [2.75, 3.05) is 40.4 Å². The number of thiocarbonyl (C=S) groups is 1. The fourth-order valence-electron chi connectivity index (χ4n) is 2.21. The largest absolute Gasteiger partial charge is 0.385 e. The molecule has 0 radical (unpaired) electrons. The predicted molar refractivity (Wildman–Crippen MR) is 75.3 cm³/mol. The Kier molecular flexibility index (Phi) is 6.77. The van der Waals surface area contributed by atoms with Crippen molar-refractivity contribution in [3.63, 3.8) is 0 Å². The minimum absolute atomic E-state index is 0.508. The van der Waals surface area contributed by atoms with Gasteiger partial charge in [0.1, 0.15) is 0 Å². The number of hydrogen-bond acceptors (Lipinski definition) is 3. The normalized spacial score (nSPS) is 25.6. The van der Waals surface area contributed by atoms with Gasteiger partial charge in [-0.15, -0.1) is 0 Å². The van der Waals surface area contributed by atoms with Crippen LogP contribution < -0.4 is 10.6 Å². The first-order chi connectivity index (χ1) is 8.13. The highest BCUT2D eigenvalue weighted by Gasteiger charge is 2.24. The number of methoxy groups -OCH3 is 1. The molecule has 2 unspecified atom stereocenters. The van der Waals surface area contributed by atoms with Gasteiger partial charge in [-0.05, 0) is 44.6 Å². The first-order valence-corrected chi connectivity index (χ1v) is 6.76. The summed E-state index contributed by atoms with van der Waals surface area (Å²) in [7, 11) is 3.89. The lowest BCUT2D eigenvalue weighted by Crippen LogP contribution is -2.51. The summed E-state index contributed by atoms with van der Waals surface area (Å²) in [5, 5.41) is 7.42. The minimum atomic E-state index is 0.508. The van der Waals surface area contributed by atoms with Crippen molar-refractivity contribution in [1.29, 1.82) is 0 Å². The van der Waals surface area contributed by atoms with Gasteiger partial charge in [-0.3, -0.25) is 0 Å². The molecule has 1 fully saturated rings. The number of likely N-dealkylation sites (tertiary alicyclic amines) is 1. The lowest BCUT2D eigenvalue weighted by Gasteiger charge is -2.35. The van der Waals surface area contributed by atoms with E-state index in [-0.39, 0.29) is 0 Å². The Labute approximate surface area is 110 Å². The predicted octanol–water partition coefficient (Wildman–Crippen LogP) is 0.827. The van der Waals surface area contributed by atoms with E-state index in [0.29, 0.717) is 12.0 Å². The van der Waals surface area contributed by atoms with Gasteiger partial charge in [-0.25, -0.2) is 0 Å². The lowest BCUT2D eigenvalue weighted by atomic mass is 9.94. The third kappa shape index (κ3) is 5.66. The van der Waals surface area contributed by atoms with E-state index in [4.69, 9.17) is 17.0 Å². The van der Waals surface area contributed by atoms with Crippen molar-refractivity contribution in [3.8, 4) is 0 Å². The summed E-state index contributed by atoms with van der Waals surface area (Å²) in [4.78, 5) is 2.37. The molecule has 1 rings (SSSR count). The molecule has 0 aliphatic carbocycles. The summed E-state index contributed by atoms with van der Waals surface area (Å²) in [6, 6.07) is 0.508. The molecule has 0 aromatic heterocycles. The van der Waals surface area contributed by atoms with Gasteiger partial charge in [0.15, 0.2) is 5.11 Å². The van der Waals surface area contributed by atoms with Gasteiger partial charge in [-0.2, -0.15) is 0 Å². The SMILES string of the molecule is COCCCNC(=S)NC1CCN(C)CC1C. The van der Waals surface area contributed by atoms with Crippen LogP contribution in [0, 0.1) is 5.92 Å². The average molecular weight is 259 g/mol. The summed E-state index contributed by atoms with van der Waals surface area (Å²) in [6.45, 7) is 6.22. The molecule has 1 aliphatic heterocycles. The fraction of sp³-hybridized carbons (Fsp3) is 0.917. The third-order valence-electron chi connectivity index (χ3n) is 3.24. The van der Waals surface area contributed by atoms with E-state index in [0.717, 1.165) is 44.2 Å². The van der Waals surface area contributed by atoms with Crippen molar-refractivity contribution in [3.05, 3.63) is 0 Å². The molecule has 1 aliphatic rings. The van der Waals surface area contributed by atoms with Crippen molar-refractivity contribution in [2.24, 2.45) is 5.92 Å². The Balaban J connectivity index is 2.17. The van der Waals surface area contributed by atoms with E-state index in [1.165, 1.54) is 0 Å². The standard InChI is InChI=1S/C12H25N3OS/c1-10-9-15(2)7-5-11(10)14-12(17)13-6-4-8-16-3/h10-11H,4-9H2,1-3H3,(H2,13,14,17). The monoisotopic (exact) mass is 259 g/mol. The molecule has 1 heterocycles. The van der Waals surface area contributed by atoms with Crippen molar-refractivity contribution < 1.29 is 4.74 Å². The second kappa shape index (κ2) is 7.84. The first kappa shape index (κ1) is 14.7. The van der Waals surface area contributed by atoms with Crippen molar-refractivity contribution in [2.45, 2.75) is 25.8 Å². The van der Waals surface area contributed by atoms with Gasteiger partial charge in [0.2, 0.25) is 0 Å². The van der Waals surface area contributed by atoms with Gasteiger partial charge in [-0.1, -0.05) is 6.92 Å². The van der Waals surface area contributed by atoms with Crippen LogP contribution in [-0.4, -0.2) is 56.5 Å². The number of hydrogen-bond donors (Lipinski definition) is 2. The van der Waals surface area contributed by atoms with Gasteiger partial charge in [0.25, 0.3) is 0 Å². The molecule has 0 amide bonds. The van der Waals surface area contributed by atoms with Crippen LogP contribution in [0.3, 0.4) is 0 Å². The molecule has 0 bridgehead atoms. The highest BCUT2D eigenvalue weighted by atomic mass is 32.1. The molecule has 0 saturated carbocycles. The van der Waals surface area contributed by atoms with Crippen LogP contribution >= 0.6 is 12.2 Å². The third-order valence-corrected chi connectivity index (χ3v) is 3.50. The van der Waals surface area contributed by atoms with Crippen molar-refractivity contribution in [1.82, 2.24) is 15.5 Å². The summed E-state index contributed by atoms with van der Waals surface area (Å²) < 4.78 is 4.99. The number of ether oxygens (including phenoxy) is 1. The Bertz CT molecular complexity index is 238. The van der Waals surface area contributed by atoms with Crippen molar-refractivity contribution >= 4 is 17.3 Å². The molecule has 17 heavy (non-hydrogen) atoms. The van der Waals surface area contributed by atoms with Crippen LogP contribution in [0.2, 0.25) is 0 Å². The summed E-state index contributed by atoms with van der Waals surface area (Å²) in [6.07, 6.45) is 2.15. The first-order valence-electron chi connectivity index (χ1n) is 6.35. The molecular formula is C12H25N3OS. The zero-order chi connectivity index (χ0) is 12.7. The Morgan fingerprint density at radius 2 is 2.29 bits per heavy atom. The summed E-state index contributed by atoms with van der Waals surface area (Å²) >= 11 is 5.29. The molecule has 2 atom stereocenters. The minimum Gasteiger partial charge on any atom is -0.385 e. The average Bonchev–Trinajstić information content (AvgIpc) is 2.28. The highest BCUT2D eigenvalue weighted by Crippen LogP contribution is 2.14. The van der Waals surface area contributed by atoms with Gasteiger partial charge < -0.3 is 20.3 Å². The maximum Gasteiger partial charge on any atom is 0.166 e. The number of piperidine rings is 1. The molecule has 4 nitrogen and oxygen atoms in total. The molecular weight excluding hydrogens is 234 g/mol. The molecule has 100 valence electrons. The van der Waals surface area contributed by atoms with Crippen LogP contribution in [-0.2, 0) is 4.74 Å². The van der Waals surface area contributed by atoms with Gasteiger partial charge in [0, 0.05) is 32.8 Å². The zero-order valence-corrected chi connectivity index (χ0v) is 12.0. The Hall–Kier alpha value is -0.390. The maximum atomic E-state index is 5.29. The molecule has 5 heteroatoms. The molecule has 0 aromatic carbocycles. The maximum absolute atomic E-state index is 5.29. The fourth-order valence-corrected chi connectivity index (χ4v) is 2.46. The van der Waals surface area contributed by atoms with Crippen LogP contribution in [0.15, 0.2) is 0 Å². The second-order valence-electron chi connectivity index (χ2n) is 4.88. The molecule has 2 N–H and O–H groups in total. The van der Waals surface area contributed by atoms with Gasteiger partial charge >= 0.3 is 0 Å². The van der Waals surface area contributed by atoms with E-state index in [2.05, 4.69) is 29.5 Å². The van der Waals surface area contributed by atoms with Crippen LogP contribution in [0.5, 0.6) is 0 Å². The van der Waals surface area contributed by atoms with E-state index < -0.39 is 0 Å². The summed E-state index contributed by atoms with van der Waals surface area (Å²) in [5.74, 6) is 0.646. The second-order valence-corrected chi connectivity index (χ2v) is 5.29. The Morgan fingerprint density at radius 3 is 2.94 bits per heavy atom.